The zero-order valence-electron chi connectivity index (χ0n) is 7.76. The van der Waals surface area contributed by atoms with E-state index in [0.717, 1.165) is 28.3 Å². The maximum Gasteiger partial charge on any atom is 0.146 e. The van der Waals surface area contributed by atoms with Gasteiger partial charge in [0.1, 0.15) is 6.29 Å². The highest BCUT2D eigenvalue weighted by Crippen LogP contribution is 2.23. The second-order valence-electron chi connectivity index (χ2n) is 2.86. The van der Waals surface area contributed by atoms with Crippen molar-refractivity contribution >= 4 is 39.9 Å². The number of benzene rings is 1. The van der Waals surface area contributed by atoms with Crippen molar-refractivity contribution in [3.05, 3.63) is 38.8 Å². The van der Waals surface area contributed by atoms with E-state index in [0.29, 0.717) is 5.02 Å². The van der Waals surface area contributed by atoms with Gasteiger partial charge in [0, 0.05) is 9.50 Å². The summed E-state index contributed by atoms with van der Waals surface area (Å²) in [5.74, 6) is 0. The van der Waals surface area contributed by atoms with Gasteiger partial charge in [-0.25, -0.2) is 0 Å². The van der Waals surface area contributed by atoms with E-state index >= 15 is 0 Å². The molecular formula is C11H10BrClO. The van der Waals surface area contributed by atoms with E-state index in [1.54, 1.807) is 0 Å². The standard InChI is InChI=1S/C11H10BrClO/c1-2-8(7-14)5-9-3-4-10(12)6-11(9)13/h3-7H,2H2,1H3/b8-5-. The van der Waals surface area contributed by atoms with Gasteiger partial charge >= 0.3 is 0 Å². The minimum atomic E-state index is 0.646. The molecule has 0 aliphatic rings. The molecule has 0 atom stereocenters. The molecule has 0 fully saturated rings. The largest absolute Gasteiger partial charge is 0.298 e. The topological polar surface area (TPSA) is 17.1 Å². The molecule has 1 aromatic carbocycles. The molecule has 1 aromatic rings. The van der Waals surface area contributed by atoms with Crippen molar-refractivity contribution < 1.29 is 4.79 Å². The van der Waals surface area contributed by atoms with E-state index in [-0.39, 0.29) is 0 Å². The zero-order valence-corrected chi connectivity index (χ0v) is 10.1. The summed E-state index contributed by atoms with van der Waals surface area (Å²) in [6.45, 7) is 1.94. The quantitative estimate of drug-likeness (QED) is 0.599. The molecule has 74 valence electrons. The highest BCUT2D eigenvalue weighted by molar-refractivity contribution is 9.10. The third-order valence-electron chi connectivity index (χ3n) is 1.86. The van der Waals surface area contributed by atoms with Crippen LogP contribution in [-0.2, 0) is 4.79 Å². The predicted octanol–water partition coefficient (Wildman–Crippen LogP) is 4.09. The molecule has 3 heteroatoms. The minimum Gasteiger partial charge on any atom is -0.298 e. The molecule has 1 rings (SSSR count). The van der Waals surface area contributed by atoms with Gasteiger partial charge in [0.05, 0.1) is 0 Å². The number of hydrogen-bond donors (Lipinski definition) is 0. The van der Waals surface area contributed by atoms with E-state index < -0.39 is 0 Å². The van der Waals surface area contributed by atoms with Crippen LogP contribution in [0, 0.1) is 0 Å². The average molecular weight is 274 g/mol. The summed E-state index contributed by atoms with van der Waals surface area (Å²) in [6, 6.07) is 5.59. The summed E-state index contributed by atoms with van der Waals surface area (Å²) >= 11 is 9.32. The first-order valence-electron chi connectivity index (χ1n) is 4.28. The Morgan fingerprint density at radius 1 is 1.57 bits per heavy atom. The van der Waals surface area contributed by atoms with Gasteiger partial charge < -0.3 is 0 Å². The Kier molecular flexibility index (Phi) is 4.36. The maximum absolute atomic E-state index is 10.6. The molecule has 0 saturated carbocycles. The molecule has 0 heterocycles. The van der Waals surface area contributed by atoms with Crippen molar-refractivity contribution in [3.63, 3.8) is 0 Å². The Bertz CT molecular complexity index is 372. The Morgan fingerprint density at radius 3 is 2.79 bits per heavy atom. The van der Waals surface area contributed by atoms with Gasteiger partial charge in [0.25, 0.3) is 0 Å². The first kappa shape index (κ1) is 11.5. The monoisotopic (exact) mass is 272 g/mol. The lowest BCUT2D eigenvalue weighted by Gasteiger charge is -2.00. The fourth-order valence-electron chi connectivity index (χ4n) is 1.04. The number of carbonyl (C=O) groups is 1. The number of rotatable bonds is 3. The normalized spacial score (nSPS) is 11.5. The average Bonchev–Trinajstić information content (AvgIpc) is 2.17. The Hall–Kier alpha value is -0.600. The van der Waals surface area contributed by atoms with E-state index in [1.807, 2.05) is 31.2 Å². The predicted molar refractivity (Wildman–Crippen MR) is 63.5 cm³/mol. The van der Waals surface area contributed by atoms with Crippen molar-refractivity contribution in [1.29, 1.82) is 0 Å². The molecule has 0 spiro atoms. The van der Waals surface area contributed by atoms with Crippen molar-refractivity contribution in [2.45, 2.75) is 13.3 Å². The minimum absolute atomic E-state index is 0.646. The second-order valence-corrected chi connectivity index (χ2v) is 4.18. The first-order chi connectivity index (χ1) is 6.67. The molecule has 0 aliphatic carbocycles. The van der Waals surface area contributed by atoms with Crippen LogP contribution in [0.15, 0.2) is 28.2 Å². The second kappa shape index (κ2) is 5.32. The third kappa shape index (κ3) is 2.96. The molecule has 1 nitrogen and oxygen atoms in total. The number of carbonyl (C=O) groups excluding carboxylic acids is 1. The summed E-state index contributed by atoms with van der Waals surface area (Å²) in [5.41, 5.74) is 1.62. The van der Waals surface area contributed by atoms with Crippen molar-refractivity contribution in [1.82, 2.24) is 0 Å². The summed E-state index contributed by atoms with van der Waals surface area (Å²) < 4.78 is 0.934. The lowest BCUT2D eigenvalue weighted by Crippen LogP contribution is -1.83. The Balaban J connectivity index is 3.08. The van der Waals surface area contributed by atoms with E-state index in [1.165, 1.54) is 0 Å². The van der Waals surface area contributed by atoms with Gasteiger partial charge in [-0.2, -0.15) is 0 Å². The smallest absolute Gasteiger partial charge is 0.146 e. The molecule has 0 N–H and O–H groups in total. The van der Waals surface area contributed by atoms with Gasteiger partial charge in [-0.15, -0.1) is 0 Å². The van der Waals surface area contributed by atoms with Crippen LogP contribution in [0.25, 0.3) is 6.08 Å². The molecule has 0 bridgehead atoms. The van der Waals surface area contributed by atoms with Gasteiger partial charge in [-0.05, 0) is 35.8 Å². The summed E-state index contributed by atoms with van der Waals surface area (Å²) in [5, 5.41) is 0.646. The van der Waals surface area contributed by atoms with Crippen LogP contribution >= 0.6 is 27.5 Å². The van der Waals surface area contributed by atoms with E-state index in [2.05, 4.69) is 15.9 Å². The fraction of sp³-hybridized carbons (Fsp3) is 0.182. The van der Waals surface area contributed by atoms with Crippen LogP contribution in [-0.4, -0.2) is 6.29 Å². The van der Waals surface area contributed by atoms with Crippen LogP contribution in [0.3, 0.4) is 0 Å². The van der Waals surface area contributed by atoms with Crippen molar-refractivity contribution in [2.75, 3.05) is 0 Å². The molecule has 14 heavy (non-hydrogen) atoms. The fourth-order valence-corrected chi connectivity index (χ4v) is 1.77. The Labute approximate surface area is 96.9 Å². The van der Waals surface area contributed by atoms with Gasteiger partial charge in [-0.3, -0.25) is 4.79 Å². The van der Waals surface area contributed by atoms with Crippen LogP contribution in [0.5, 0.6) is 0 Å². The van der Waals surface area contributed by atoms with Gasteiger partial charge in [0.2, 0.25) is 0 Å². The Morgan fingerprint density at radius 2 is 2.29 bits per heavy atom. The van der Waals surface area contributed by atoms with Crippen LogP contribution in [0.4, 0.5) is 0 Å². The SMILES string of the molecule is CC/C(C=O)=C/c1ccc(Br)cc1Cl. The van der Waals surface area contributed by atoms with Crippen molar-refractivity contribution in [2.24, 2.45) is 0 Å². The molecule has 0 radical (unpaired) electrons. The number of aldehydes is 1. The summed E-state index contributed by atoms with van der Waals surface area (Å²) in [7, 11) is 0. The highest BCUT2D eigenvalue weighted by atomic mass is 79.9. The van der Waals surface area contributed by atoms with E-state index in [9.17, 15) is 4.79 Å². The summed E-state index contributed by atoms with van der Waals surface area (Å²) in [6.07, 6.45) is 3.38. The number of hydrogen-bond acceptors (Lipinski definition) is 1. The van der Waals surface area contributed by atoms with Crippen LogP contribution in [0.1, 0.15) is 18.9 Å². The molecule has 0 aliphatic heterocycles. The lowest BCUT2D eigenvalue weighted by molar-refractivity contribution is -0.104. The lowest BCUT2D eigenvalue weighted by atomic mass is 10.1. The van der Waals surface area contributed by atoms with E-state index in [4.69, 9.17) is 11.6 Å². The molecular weight excluding hydrogens is 263 g/mol. The molecule has 0 saturated heterocycles. The van der Waals surface area contributed by atoms with Gasteiger partial charge in [0.15, 0.2) is 0 Å². The van der Waals surface area contributed by atoms with Crippen molar-refractivity contribution in [3.8, 4) is 0 Å². The highest BCUT2D eigenvalue weighted by Gasteiger charge is 1.99. The summed E-state index contributed by atoms with van der Waals surface area (Å²) in [4.78, 5) is 10.6. The third-order valence-corrected chi connectivity index (χ3v) is 2.68. The molecule has 0 unspecified atom stereocenters. The first-order valence-corrected chi connectivity index (χ1v) is 5.45. The zero-order chi connectivity index (χ0) is 10.6. The van der Waals surface area contributed by atoms with Crippen LogP contribution < -0.4 is 0 Å². The number of halogens is 2. The van der Waals surface area contributed by atoms with Crippen LogP contribution in [0.2, 0.25) is 5.02 Å². The van der Waals surface area contributed by atoms with Gasteiger partial charge in [-0.1, -0.05) is 40.5 Å². The molecule has 0 amide bonds. The maximum atomic E-state index is 10.6. The molecule has 0 aromatic heterocycles. The number of allylic oxidation sites excluding steroid dienone is 1.